The highest BCUT2D eigenvalue weighted by molar-refractivity contribution is 6.18. The maximum absolute atomic E-state index is 11.3. The molecule has 1 rings (SSSR count). The van der Waals surface area contributed by atoms with E-state index in [1.807, 2.05) is 0 Å². The zero-order valence-electron chi connectivity index (χ0n) is 8.92. The molecule has 1 N–H and O–H groups in total. The Hall–Kier alpha value is -0.280. The van der Waals surface area contributed by atoms with Crippen LogP contribution in [-0.2, 0) is 4.79 Å². The van der Waals surface area contributed by atoms with Crippen molar-refractivity contribution in [3.8, 4) is 0 Å². The van der Waals surface area contributed by atoms with E-state index in [9.17, 15) is 4.79 Å². The second-order valence-electron chi connectivity index (χ2n) is 4.06. The van der Waals surface area contributed by atoms with Gasteiger partial charge in [0.15, 0.2) is 0 Å². The van der Waals surface area contributed by atoms with Crippen LogP contribution in [0.5, 0.6) is 0 Å². The summed E-state index contributed by atoms with van der Waals surface area (Å²) in [6, 6.07) is 0.905. The summed E-state index contributed by atoms with van der Waals surface area (Å²) in [5.41, 5.74) is 0. The van der Waals surface area contributed by atoms with Crippen LogP contribution in [0.4, 0.5) is 0 Å². The van der Waals surface area contributed by atoms with Gasteiger partial charge in [0.2, 0.25) is 5.91 Å². The van der Waals surface area contributed by atoms with Crippen molar-refractivity contribution < 1.29 is 4.79 Å². The fourth-order valence-electron chi connectivity index (χ4n) is 1.81. The highest BCUT2D eigenvalue weighted by Crippen LogP contribution is 2.15. The number of halogens is 1. The average molecular weight is 219 g/mol. The predicted octanol–water partition coefficient (Wildman–Crippen LogP) is 1.21. The van der Waals surface area contributed by atoms with Crippen molar-refractivity contribution in [1.29, 1.82) is 0 Å². The molecule has 0 saturated carbocycles. The molecule has 2 unspecified atom stereocenters. The fourth-order valence-corrected chi connectivity index (χ4v) is 1.98. The maximum Gasteiger partial charge on any atom is 0.221 e. The van der Waals surface area contributed by atoms with Crippen LogP contribution >= 0.6 is 11.6 Å². The largest absolute Gasteiger partial charge is 0.353 e. The van der Waals surface area contributed by atoms with Gasteiger partial charge in [-0.3, -0.25) is 4.79 Å². The number of likely N-dealkylation sites (tertiary alicyclic amines) is 1. The van der Waals surface area contributed by atoms with Gasteiger partial charge >= 0.3 is 0 Å². The molecule has 3 nitrogen and oxygen atoms in total. The van der Waals surface area contributed by atoms with E-state index >= 15 is 0 Å². The van der Waals surface area contributed by atoms with E-state index in [-0.39, 0.29) is 5.91 Å². The van der Waals surface area contributed by atoms with Crippen molar-refractivity contribution >= 4 is 17.5 Å². The van der Waals surface area contributed by atoms with Crippen molar-refractivity contribution in [2.45, 2.75) is 38.3 Å². The Morgan fingerprint density at radius 3 is 2.93 bits per heavy atom. The molecule has 1 amide bonds. The summed E-state index contributed by atoms with van der Waals surface area (Å²) in [6.07, 6.45) is 2.53. The van der Waals surface area contributed by atoms with Gasteiger partial charge in [-0.15, -0.1) is 11.6 Å². The van der Waals surface area contributed by atoms with Crippen LogP contribution in [0.2, 0.25) is 0 Å². The van der Waals surface area contributed by atoms with Gasteiger partial charge < -0.3 is 10.2 Å². The standard InChI is InChI=1S/C10H19ClN2O/c1-8-7-9(4-6-13(8)2)12-10(14)3-5-11/h8-9H,3-7H2,1-2H3,(H,12,14). The third-order valence-electron chi connectivity index (χ3n) is 2.90. The average Bonchev–Trinajstić information content (AvgIpc) is 2.12. The molecular formula is C10H19ClN2O. The zero-order valence-corrected chi connectivity index (χ0v) is 9.68. The van der Waals surface area contributed by atoms with Crippen molar-refractivity contribution in [2.24, 2.45) is 0 Å². The Balaban J connectivity index is 2.29. The molecule has 0 radical (unpaired) electrons. The quantitative estimate of drug-likeness (QED) is 0.723. The van der Waals surface area contributed by atoms with Gasteiger partial charge in [-0.25, -0.2) is 0 Å². The van der Waals surface area contributed by atoms with Gasteiger partial charge in [0, 0.05) is 30.9 Å². The van der Waals surface area contributed by atoms with Crippen LogP contribution in [-0.4, -0.2) is 42.4 Å². The molecule has 14 heavy (non-hydrogen) atoms. The summed E-state index contributed by atoms with van der Waals surface area (Å²) in [6.45, 7) is 3.26. The van der Waals surface area contributed by atoms with Gasteiger partial charge in [-0.2, -0.15) is 0 Å². The lowest BCUT2D eigenvalue weighted by Gasteiger charge is -2.35. The Morgan fingerprint density at radius 2 is 2.36 bits per heavy atom. The number of amides is 1. The SMILES string of the molecule is CC1CC(NC(=O)CCCl)CCN1C. The fraction of sp³-hybridized carbons (Fsp3) is 0.900. The molecule has 0 spiro atoms. The molecule has 0 aromatic carbocycles. The Morgan fingerprint density at radius 1 is 1.64 bits per heavy atom. The first-order valence-corrected chi connectivity index (χ1v) is 5.72. The monoisotopic (exact) mass is 218 g/mol. The maximum atomic E-state index is 11.3. The smallest absolute Gasteiger partial charge is 0.221 e. The summed E-state index contributed by atoms with van der Waals surface area (Å²) in [5.74, 6) is 0.496. The second kappa shape index (κ2) is 5.56. The number of carbonyl (C=O) groups excluding carboxylic acids is 1. The molecule has 1 saturated heterocycles. The van der Waals surface area contributed by atoms with E-state index in [1.54, 1.807) is 0 Å². The van der Waals surface area contributed by atoms with E-state index in [2.05, 4.69) is 24.2 Å². The van der Waals surface area contributed by atoms with Crippen molar-refractivity contribution in [1.82, 2.24) is 10.2 Å². The van der Waals surface area contributed by atoms with Crippen LogP contribution < -0.4 is 5.32 Å². The molecule has 0 bridgehead atoms. The van der Waals surface area contributed by atoms with Gasteiger partial charge in [0.25, 0.3) is 0 Å². The minimum absolute atomic E-state index is 0.0850. The molecule has 1 aliphatic heterocycles. The minimum Gasteiger partial charge on any atom is -0.353 e. The first-order chi connectivity index (χ1) is 6.63. The van der Waals surface area contributed by atoms with Gasteiger partial charge in [0.1, 0.15) is 0 Å². The lowest BCUT2D eigenvalue weighted by Crippen LogP contribution is -2.47. The highest BCUT2D eigenvalue weighted by Gasteiger charge is 2.23. The van der Waals surface area contributed by atoms with Gasteiger partial charge in [-0.05, 0) is 26.8 Å². The number of nitrogens with one attached hydrogen (secondary N) is 1. The molecule has 1 fully saturated rings. The van der Waals surface area contributed by atoms with Crippen LogP contribution in [0.25, 0.3) is 0 Å². The molecule has 2 atom stereocenters. The second-order valence-corrected chi connectivity index (χ2v) is 4.44. The lowest BCUT2D eigenvalue weighted by molar-refractivity contribution is -0.121. The molecule has 0 aromatic rings. The van der Waals surface area contributed by atoms with E-state index in [0.717, 1.165) is 19.4 Å². The third kappa shape index (κ3) is 3.46. The van der Waals surface area contributed by atoms with Crippen molar-refractivity contribution in [3.05, 3.63) is 0 Å². The van der Waals surface area contributed by atoms with E-state index in [0.29, 0.717) is 24.4 Å². The third-order valence-corrected chi connectivity index (χ3v) is 3.08. The molecule has 4 heteroatoms. The van der Waals surface area contributed by atoms with Gasteiger partial charge in [0.05, 0.1) is 0 Å². The van der Waals surface area contributed by atoms with Crippen molar-refractivity contribution in [3.63, 3.8) is 0 Å². The van der Waals surface area contributed by atoms with Crippen LogP contribution in [0.1, 0.15) is 26.2 Å². The number of carbonyl (C=O) groups is 1. The normalized spacial score (nSPS) is 28.8. The first kappa shape index (κ1) is 11.8. The Bertz CT molecular complexity index is 199. The van der Waals surface area contributed by atoms with E-state index < -0.39 is 0 Å². The molecule has 0 aliphatic carbocycles. The summed E-state index contributed by atoms with van der Waals surface area (Å²) in [7, 11) is 2.13. The van der Waals surface area contributed by atoms with Gasteiger partial charge in [-0.1, -0.05) is 0 Å². The Labute approximate surface area is 90.8 Å². The molecule has 0 aromatic heterocycles. The summed E-state index contributed by atoms with van der Waals surface area (Å²) in [4.78, 5) is 13.6. The van der Waals surface area contributed by atoms with Crippen molar-refractivity contribution in [2.75, 3.05) is 19.5 Å². The number of rotatable bonds is 3. The summed E-state index contributed by atoms with van der Waals surface area (Å²) in [5, 5.41) is 3.02. The number of piperidine rings is 1. The molecule has 82 valence electrons. The molecule has 1 heterocycles. The number of alkyl halides is 1. The molecular weight excluding hydrogens is 200 g/mol. The topological polar surface area (TPSA) is 32.3 Å². The van der Waals surface area contributed by atoms with Crippen LogP contribution in [0.3, 0.4) is 0 Å². The summed E-state index contributed by atoms with van der Waals surface area (Å²) < 4.78 is 0. The summed E-state index contributed by atoms with van der Waals surface area (Å²) >= 11 is 5.50. The number of hydrogen-bond acceptors (Lipinski definition) is 2. The Kier molecular flexibility index (Phi) is 4.69. The highest BCUT2D eigenvalue weighted by atomic mass is 35.5. The lowest BCUT2D eigenvalue weighted by atomic mass is 9.99. The zero-order chi connectivity index (χ0) is 10.6. The van der Waals surface area contributed by atoms with E-state index in [4.69, 9.17) is 11.6 Å². The number of hydrogen-bond donors (Lipinski definition) is 1. The van der Waals surface area contributed by atoms with Crippen LogP contribution in [0.15, 0.2) is 0 Å². The van der Waals surface area contributed by atoms with E-state index in [1.165, 1.54) is 0 Å². The molecule has 1 aliphatic rings. The first-order valence-electron chi connectivity index (χ1n) is 5.19. The number of nitrogens with zero attached hydrogens (tertiary/aromatic N) is 1. The van der Waals surface area contributed by atoms with Crippen LogP contribution in [0, 0.1) is 0 Å². The minimum atomic E-state index is 0.0850. The predicted molar refractivity (Wildman–Crippen MR) is 58.6 cm³/mol.